The molecule has 2 aromatic heterocycles. The zero-order valence-electron chi connectivity index (χ0n) is 38.2. The Hall–Kier alpha value is -5.00. The number of benzene rings is 3. The Morgan fingerprint density at radius 2 is 1.58 bits per heavy atom. The predicted molar refractivity (Wildman–Crippen MR) is 247 cm³/mol. The molecule has 18 nitrogen and oxygen atoms in total. The molecule has 2 bridgehead atoms. The van der Waals surface area contributed by atoms with Crippen molar-refractivity contribution in [2.75, 3.05) is 66.3 Å². The molecule has 0 spiro atoms. The molecule has 2 fully saturated rings. The number of morpholine rings is 1. The fourth-order valence-corrected chi connectivity index (χ4v) is 11.6. The van der Waals surface area contributed by atoms with E-state index >= 15 is 0 Å². The minimum absolute atomic E-state index is 0.0374. The molecule has 348 valence electrons. The van der Waals surface area contributed by atoms with Gasteiger partial charge in [0.05, 0.1) is 65.2 Å². The number of nitrogens with one attached hydrogen (secondary N) is 2. The minimum Gasteiger partial charge on any atom is -0.497 e. The number of nitrogens with zero attached hydrogens (tertiary/aromatic N) is 7. The molecule has 0 aliphatic carbocycles. The van der Waals surface area contributed by atoms with Crippen molar-refractivity contribution in [1.82, 2.24) is 33.4 Å². The molecule has 2 N–H and O–H groups in total. The Bertz CT molecular complexity index is 2550. The number of hydrogen-bond acceptors (Lipinski definition) is 15. The van der Waals surface area contributed by atoms with Crippen LogP contribution >= 0.6 is 8.53 Å². The lowest BCUT2D eigenvalue weighted by molar-refractivity contribution is -0.168. The summed E-state index contributed by atoms with van der Waals surface area (Å²) < 4.78 is 72.9. The lowest BCUT2D eigenvalue weighted by Gasteiger charge is -2.42. The smallest absolute Gasteiger partial charge is 0.280 e. The van der Waals surface area contributed by atoms with Gasteiger partial charge in [0.25, 0.3) is 14.1 Å². The normalized spacial score (nSPS) is 20.6. The summed E-state index contributed by atoms with van der Waals surface area (Å²) in [4.78, 5) is 27.3. The molecule has 1 unspecified atom stereocenters. The van der Waals surface area contributed by atoms with E-state index in [1.165, 1.54) is 10.6 Å². The monoisotopic (exact) mass is 931 g/mol. The average molecular weight is 932 g/mol. The fraction of sp³-hybridized carbons (Fsp3) is 0.467. The van der Waals surface area contributed by atoms with Crippen molar-refractivity contribution in [2.45, 2.75) is 75.8 Å². The van der Waals surface area contributed by atoms with E-state index in [0.717, 1.165) is 22.9 Å². The first-order valence-corrected chi connectivity index (χ1v) is 24.3. The number of nitriles is 1. The highest BCUT2D eigenvalue weighted by Gasteiger charge is 2.69. The molecule has 7 rings (SSSR count). The van der Waals surface area contributed by atoms with Gasteiger partial charge in [0.15, 0.2) is 17.4 Å². The summed E-state index contributed by atoms with van der Waals surface area (Å²) in [5.41, 5.74) is -0.851. The topological polar surface area (TPSA) is 199 Å². The largest absolute Gasteiger partial charge is 0.497 e. The highest BCUT2D eigenvalue weighted by molar-refractivity contribution is 7.88. The number of fused-ring (bicyclic) bond motifs is 3. The van der Waals surface area contributed by atoms with Gasteiger partial charge in [-0.2, -0.15) is 14.6 Å². The highest BCUT2D eigenvalue weighted by atomic mass is 32.2. The van der Waals surface area contributed by atoms with E-state index in [1.807, 2.05) is 126 Å². The molecule has 2 saturated heterocycles. The SMILES string of the molecule is COc1ccc(C(OC[C@@]23CN(S(C)(=O)=O)[C@@H]([C@H](n4cnc5c(=O)[nH]c(NCN(C)C)nc54)O2)[C@@H]3OP(OCCC#N)N(C(C)C)C(C)C)(c2ccccc2)c2ccc(OC)cc2)cc1. The van der Waals surface area contributed by atoms with E-state index in [4.69, 9.17) is 33.0 Å². The molecule has 65 heavy (non-hydrogen) atoms. The molecule has 2 aliphatic rings. The first-order valence-electron chi connectivity index (χ1n) is 21.3. The second-order valence-electron chi connectivity index (χ2n) is 16.9. The van der Waals surface area contributed by atoms with Crippen LogP contribution in [0.4, 0.5) is 5.95 Å². The van der Waals surface area contributed by atoms with Crippen LogP contribution in [0.2, 0.25) is 0 Å². The summed E-state index contributed by atoms with van der Waals surface area (Å²) in [6.45, 7) is 8.17. The number of ether oxygens (including phenoxy) is 4. The van der Waals surface area contributed by atoms with Gasteiger partial charge in [0, 0.05) is 18.6 Å². The summed E-state index contributed by atoms with van der Waals surface area (Å²) in [5, 5.41) is 12.7. The molecule has 5 aromatic rings. The van der Waals surface area contributed by atoms with Crippen molar-refractivity contribution in [3.63, 3.8) is 0 Å². The van der Waals surface area contributed by atoms with Crippen molar-refractivity contribution >= 4 is 35.7 Å². The van der Waals surface area contributed by atoms with Crippen molar-refractivity contribution in [3.05, 3.63) is 112 Å². The van der Waals surface area contributed by atoms with E-state index in [0.29, 0.717) is 18.2 Å². The lowest BCUT2D eigenvalue weighted by Crippen LogP contribution is -2.51. The van der Waals surface area contributed by atoms with Crippen molar-refractivity contribution in [1.29, 1.82) is 5.26 Å². The predicted octanol–water partition coefficient (Wildman–Crippen LogP) is 5.65. The van der Waals surface area contributed by atoms with Crippen LogP contribution in [0.1, 0.15) is 57.0 Å². The third-order valence-corrected chi connectivity index (χ3v) is 14.8. The maximum Gasteiger partial charge on any atom is 0.280 e. The van der Waals surface area contributed by atoms with Gasteiger partial charge in [-0.1, -0.05) is 54.6 Å². The van der Waals surface area contributed by atoms with E-state index in [2.05, 4.69) is 26.0 Å². The highest BCUT2D eigenvalue weighted by Crippen LogP contribution is 2.57. The summed E-state index contributed by atoms with van der Waals surface area (Å²) in [6.07, 6.45) is 0.533. The van der Waals surface area contributed by atoms with Gasteiger partial charge in [-0.05, 0) is 82.7 Å². The molecule has 3 aromatic carbocycles. The van der Waals surface area contributed by atoms with Crippen LogP contribution in [0, 0.1) is 11.3 Å². The van der Waals surface area contributed by atoms with Crippen LogP contribution in [0.5, 0.6) is 11.5 Å². The quantitative estimate of drug-likeness (QED) is 0.0396. The first-order chi connectivity index (χ1) is 31.1. The van der Waals surface area contributed by atoms with Crippen LogP contribution in [-0.2, 0) is 34.1 Å². The van der Waals surface area contributed by atoms with Crippen molar-refractivity contribution in [2.24, 2.45) is 0 Å². The number of methoxy groups -OCH3 is 2. The van der Waals surface area contributed by atoms with Gasteiger partial charge >= 0.3 is 0 Å². The van der Waals surface area contributed by atoms with E-state index < -0.39 is 53.7 Å². The number of anilines is 1. The maximum absolute atomic E-state index is 14.1. The Kier molecular flexibility index (Phi) is 14.6. The third kappa shape index (κ3) is 9.64. The molecule has 2 aliphatic heterocycles. The zero-order chi connectivity index (χ0) is 46.7. The van der Waals surface area contributed by atoms with Gasteiger partial charge in [-0.15, -0.1) is 0 Å². The van der Waals surface area contributed by atoms with Gasteiger partial charge in [0.2, 0.25) is 16.0 Å². The first kappa shape index (κ1) is 47.9. The molecule has 5 atom stereocenters. The second kappa shape index (κ2) is 19.8. The maximum atomic E-state index is 14.1. The molecule has 4 heterocycles. The third-order valence-electron chi connectivity index (χ3n) is 11.5. The van der Waals surface area contributed by atoms with Crippen LogP contribution in [-0.4, -0.2) is 133 Å². The van der Waals surface area contributed by atoms with Crippen LogP contribution in [0.15, 0.2) is 90.0 Å². The molecular formula is C45H58N9O9PS. The van der Waals surface area contributed by atoms with Gasteiger partial charge in [-0.3, -0.25) is 19.2 Å². The summed E-state index contributed by atoms with van der Waals surface area (Å²) in [7, 11) is 0.996. The molecule has 0 amide bonds. The number of H-pyrrole nitrogens is 1. The second-order valence-corrected chi connectivity index (χ2v) is 20.2. The number of aromatic amines is 1. The number of aromatic nitrogens is 4. The Morgan fingerprint density at radius 3 is 2.12 bits per heavy atom. The fourth-order valence-electron chi connectivity index (χ4n) is 8.63. The molecule has 0 saturated carbocycles. The molecule has 20 heteroatoms. The number of imidazole rings is 1. The standard InChI is InChI=1S/C45H58N9O9PS/c1-30(2)54(31(3)4)64(61-25-13-24-46)63-39-38-42(52-29-47-37-40(52)49-43(50-41(37)55)48-28-51(5)6)62-44(39,26-53(38)65(9,56)57)27-60-45(32-14-11-10-12-15-32,33-16-20-35(58-7)21-17-33)34-18-22-36(59-8)23-19-34/h10-12,14-23,29-31,38-39,42H,13,25-28H2,1-9H3,(H2,48,49,50,55)/t38-,39+,42-,44-,64?/m1/s1. The summed E-state index contributed by atoms with van der Waals surface area (Å²) >= 11 is 0. The number of hydrogen-bond donors (Lipinski definition) is 2. The Balaban J connectivity index is 1.44. The van der Waals surface area contributed by atoms with Crippen LogP contribution < -0.4 is 20.3 Å². The van der Waals surface area contributed by atoms with Crippen LogP contribution in [0.25, 0.3) is 11.2 Å². The number of rotatable bonds is 21. The zero-order valence-corrected chi connectivity index (χ0v) is 39.9. The van der Waals surface area contributed by atoms with Crippen molar-refractivity contribution < 1.29 is 36.4 Å². The van der Waals surface area contributed by atoms with Crippen LogP contribution in [0.3, 0.4) is 0 Å². The van der Waals surface area contributed by atoms with Crippen molar-refractivity contribution in [3.8, 4) is 17.6 Å². The summed E-state index contributed by atoms with van der Waals surface area (Å²) in [6, 6.07) is 25.9. The van der Waals surface area contributed by atoms with Gasteiger partial charge in [-0.25, -0.2) is 18.1 Å². The Labute approximate surface area is 381 Å². The lowest BCUT2D eigenvalue weighted by atomic mass is 9.79. The average Bonchev–Trinajstić information content (AvgIpc) is 3.95. The molecule has 0 radical (unpaired) electrons. The molecular weight excluding hydrogens is 874 g/mol. The summed E-state index contributed by atoms with van der Waals surface area (Å²) in [5.74, 6) is 1.48. The van der Waals surface area contributed by atoms with E-state index in [9.17, 15) is 18.5 Å². The van der Waals surface area contributed by atoms with Gasteiger partial charge < -0.3 is 33.3 Å². The van der Waals surface area contributed by atoms with E-state index in [1.54, 1.807) is 18.8 Å². The van der Waals surface area contributed by atoms with E-state index in [-0.39, 0.29) is 55.4 Å². The number of sulfonamides is 1. The Morgan fingerprint density at radius 1 is 0.985 bits per heavy atom. The minimum atomic E-state index is -3.99. The van der Waals surface area contributed by atoms with Gasteiger partial charge in [0.1, 0.15) is 28.8 Å².